The van der Waals surface area contributed by atoms with Crippen molar-refractivity contribution in [3.8, 4) is 0 Å². The zero-order chi connectivity index (χ0) is 14.7. The number of rotatable bonds is 3. The Morgan fingerprint density at radius 1 is 1.40 bits per heavy atom. The molecular weight excluding hydrogens is 274 g/mol. The third-order valence-electron chi connectivity index (χ3n) is 3.88. The fourth-order valence-corrected chi connectivity index (χ4v) is 2.91. The topological polar surface area (TPSA) is 49.6 Å². The Hall–Kier alpha value is -1.26. The van der Waals surface area contributed by atoms with Gasteiger partial charge in [0, 0.05) is 29.9 Å². The van der Waals surface area contributed by atoms with E-state index in [2.05, 4.69) is 11.9 Å². The van der Waals surface area contributed by atoms with Crippen LogP contribution in [0.4, 0.5) is 5.69 Å². The molecule has 1 fully saturated rings. The van der Waals surface area contributed by atoms with E-state index in [-0.39, 0.29) is 5.91 Å². The number of amides is 1. The Kier molecular flexibility index (Phi) is 4.89. The minimum Gasteiger partial charge on any atom is -0.399 e. The van der Waals surface area contributed by atoms with Gasteiger partial charge in [-0.05, 0) is 57.1 Å². The molecule has 4 nitrogen and oxygen atoms in total. The molecule has 0 aliphatic carbocycles. The van der Waals surface area contributed by atoms with Gasteiger partial charge in [-0.3, -0.25) is 4.79 Å². The van der Waals surface area contributed by atoms with Crippen LogP contribution in [0, 0.1) is 5.92 Å². The maximum atomic E-state index is 12.4. The van der Waals surface area contributed by atoms with Crippen LogP contribution in [0.3, 0.4) is 0 Å². The first-order valence-corrected chi connectivity index (χ1v) is 7.33. The van der Waals surface area contributed by atoms with E-state index in [1.54, 1.807) is 23.1 Å². The Balaban J connectivity index is 1.98. The molecule has 1 aromatic carbocycles. The van der Waals surface area contributed by atoms with E-state index in [1.165, 1.54) is 0 Å². The number of likely N-dealkylation sites (tertiary alicyclic amines) is 1. The van der Waals surface area contributed by atoms with E-state index in [0.29, 0.717) is 22.2 Å². The Morgan fingerprint density at radius 2 is 2.05 bits per heavy atom. The number of nitrogens with zero attached hydrogens (tertiary/aromatic N) is 2. The van der Waals surface area contributed by atoms with E-state index in [0.717, 1.165) is 32.5 Å². The molecule has 5 heteroatoms. The predicted octanol–water partition coefficient (Wildman–Crippen LogP) is 2.34. The van der Waals surface area contributed by atoms with Crippen molar-refractivity contribution in [2.75, 3.05) is 39.5 Å². The summed E-state index contributed by atoms with van der Waals surface area (Å²) in [5, 5.41) is 0.501. The van der Waals surface area contributed by atoms with Gasteiger partial charge in [-0.15, -0.1) is 0 Å². The summed E-state index contributed by atoms with van der Waals surface area (Å²) < 4.78 is 0. The van der Waals surface area contributed by atoms with Crippen molar-refractivity contribution in [2.24, 2.45) is 5.92 Å². The Morgan fingerprint density at radius 3 is 2.65 bits per heavy atom. The molecule has 1 saturated heterocycles. The summed E-state index contributed by atoms with van der Waals surface area (Å²) in [5.41, 5.74) is 6.82. The summed E-state index contributed by atoms with van der Waals surface area (Å²) in [4.78, 5) is 16.5. The van der Waals surface area contributed by atoms with Gasteiger partial charge in [0.15, 0.2) is 0 Å². The number of carbonyl (C=O) groups is 1. The Labute approximate surface area is 125 Å². The second kappa shape index (κ2) is 6.46. The molecule has 0 aromatic heterocycles. The highest BCUT2D eigenvalue weighted by atomic mass is 35.5. The van der Waals surface area contributed by atoms with E-state index >= 15 is 0 Å². The minimum atomic E-state index is -0.0156. The lowest BCUT2D eigenvalue weighted by Crippen LogP contribution is -2.38. The SMILES string of the molecule is CN1CCC(CN(C)C(=O)c2cc(N)cc(Cl)c2)CC1. The van der Waals surface area contributed by atoms with Gasteiger partial charge in [0.05, 0.1) is 0 Å². The molecule has 1 aliphatic heterocycles. The van der Waals surface area contributed by atoms with Gasteiger partial charge in [0.2, 0.25) is 0 Å². The van der Waals surface area contributed by atoms with E-state index in [1.807, 2.05) is 7.05 Å². The van der Waals surface area contributed by atoms with Gasteiger partial charge in [0.25, 0.3) is 5.91 Å². The summed E-state index contributed by atoms with van der Waals surface area (Å²) in [5.74, 6) is 0.565. The minimum absolute atomic E-state index is 0.0156. The van der Waals surface area contributed by atoms with Crippen molar-refractivity contribution < 1.29 is 4.79 Å². The number of benzene rings is 1. The highest BCUT2D eigenvalue weighted by Crippen LogP contribution is 2.20. The third-order valence-corrected chi connectivity index (χ3v) is 4.10. The molecule has 2 N–H and O–H groups in total. The molecule has 1 aliphatic rings. The number of nitrogen functional groups attached to an aromatic ring is 1. The number of anilines is 1. The normalized spacial score (nSPS) is 17.1. The van der Waals surface area contributed by atoms with Crippen LogP contribution in [-0.4, -0.2) is 49.4 Å². The van der Waals surface area contributed by atoms with Crippen molar-refractivity contribution in [1.29, 1.82) is 0 Å². The van der Waals surface area contributed by atoms with Crippen molar-refractivity contribution in [3.63, 3.8) is 0 Å². The standard InChI is InChI=1S/C15H22ClN3O/c1-18-5-3-11(4-6-18)10-19(2)15(20)12-7-13(16)9-14(17)8-12/h7-9,11H,3-6,10,17H2,1-2H3. The molecule has 1 amide bonds. The van der Waals surface area contributed by atoms with Crippen LogP contribution in [0.5, 0.6) is 0 Å². The molecule has 1 heterocycles. The van der Waals surface area contributed by atoms with E-state index < -0.39 is 0 Å². The van der Waals surface area contributed by atoms with Crippen molar-refractivity contribution in [1.82, 2.24) is 9.80 Å². The lowest BCUT2D eigenvalue weighted by Gasteiger charge is -2.31. The lowest BCUT2D eigenvalue weighted by atomic mass is 9.96. The molecule has 1 aromatic rings. The van der Waals surface area contributed by atoms with Gasteiger partial charge in [-0.1, -0.05) is 11.6 Å². The van der Waals surface area contributed by atoms with E-state index in [9.17, 15) is 4.79 Å². The Bertz CT molecular complexity index is 464. The van der Waals surface area contributed by atoms with Gasteiger partial charge >= 0.3 is 0 Å². The maximum absolute atomic E-state index is 12.4. The second-order valence-corrected chi connectivity index (χ2v) is 6.14. The van der Waals surface area contributed by atoms with Crippen LogP contribution >= 0.6 is 11.6 Å². The number of hydrogen-bond donors (Lipinski definition) is 1. The summed E-state index contributed by atoms with van der Waals surface area (Å²) in [6.07, 6.45) is 2.29. The average molecular weight is 296 g/mol. The monoisotopic (exact) mass is 295 g/mol. The van der Waals surface area contributed by atoms with Crippen molar-refractivity contribution in [3.05, 3.63) is 28.8 Å². The number of carbonyl (C=O) groups excluding carboxylic acids is 1. The maximum Gasteiger partial charge on any atom is 0.253 e. The smallest absolute Gasteiger partial charge is 0.253 e. The quantitative estimate of drug-likeness (QED) is 0.871. The summed E-state index contributed by atoms with van der Waals surface area (Å²) in [6.45, 7) is 3.01. The predicted molar refractivity (Wildman–Crippen MR) is 83.0 cm³/mol. The van der Waals surface area contributed by atoms with Gasteiger partial charge in [-0.2, -0.15) is 0 Å². The second-order valence-electron chi connectivity index (χ2n) is 5.71. The molecule has 2 rings (SSSR count). The van der Waals surface area contributed by atoms with E-state index in [4.69, 9.17) is 17.3 Å². The largest absolute Gasteiger partial charge is 0.399 e. The lowest BCUT2D eigenvalue weighted by molar-refractivity contribution is 0.0747. The average Bonchev–Trinajstić information content (AvgIpc) is 2.39. The molecule has 0 unspecified atom stereocenters. The van der Waals surface area contributed by atoms with Gasteiger partial charge in [-0.25, -0.2) is 0 Å². The number of hydrogen-bond acceptors (Lipinski definition) is 3. The van der Waals surface area contributed by atoms with Crippen LogP contribution in [0.2, 0.25) is 5.02 Å². The van der Waals surface area contributed by atoms with Crippen molar-refractivity contribution >= 4 is 23.2 Å². The molecule has 0 spiro atoms. The number of nitrogens with two attached hydrogens (primary N) is 1. The molecule has 110 valence electrons. The van der Waals surface area contributed by atoms with Crippen LogP contribution in [-0.2, 0) is 0 Å². The van der Waals surface area contributed by atoms with Crippen LogP contribution in [0.1, 0.15) is 23.2 Å². The molecule has 0 atom stereocenters. The van der Waals surface area contributed by atoms with Crippen molar-refractivity contribution in [2.45, 2.75) is 12.8 Å². The molecule has 20 heavy (non-hydrogen) atoms. The molecule has 0 bridgehead atoms. The first-order valence-electron chi connectivity index (χ1n) is 6.96. The zero-order valence-electron chi connectivity index (χ0n) is 12.1. The molecule has 0 saturated carbocycles. The van der Waals surface area contributed by atoms with Crippen LogP contribution < -0.4 is 5.73 Å². The summed E-state index contributed by atoms with van der Waals surface area (Å²) in [7, 11) is 3.98. The van der Waals surface area contributed by atoms with Gasteiger partial charge in [0.1, 0.15) is 0 Å². The number of halogens is 1. The van der Waals surface area contributed by atoms with Gasteiger partial charge < -0.3 is 15.5 Å². The van der Waals surface area contributed by atoms with Crippen LogP contribution in [0.15, 0.2) is 18.2 Å². The highest BCUT2D eigenvalue weighted by Gasteiger charge is 2.21. The number of piperidine rings is 1. The molecular formula is C15H22ClN3O. The third kappa shape index (κ3) is 3.87. The first kappa shape index (κ1) is 15.1. The molecule has 0 radical (unpaired) electrons. The fourth-order valence-electron chi connectivity index (χ4n) is 2.67. The highest BCUT2D eigenvalue weighted by molar-refractivity contribution is 6.31. The summed E-state index contributed by atoms with van der Waals surface area (Å²) in [6, 6.07) is 5.00. The fraction of sp³-hybridized carbons (Fsp3) is 0.533. The first-order chi connectivity index (χ1) is 9.45. The van der Waals surface area contributed by atoms with Crippen LogP contribution in [0.25, 0.3) is 0 Å². The summed E-state index contributed by atoms with van der Waals surface area (Å²) >= 11 is 5.95. The zero-order valence-corrected chi connectivity index (χ0v) is 12.9.